The summed E-state index contributed by atoms with van der Waals surface area (Å²) in [4.78, 5) is 38.7. The summed E-state index contributed by atoms with van der Waals surface area (Å²) in [5, 5.41) is 0. The summed E-state index contributed by atoms with van der Waals surface area (Å²) in [6, 6.07) is 13.6. The van der Waals surface area contributed by atoms with Gasteiger partial charge in [0.1, 0.15) is 29.5 Å². The van der Waals surface area contributed by atoms with Crippen molar-refractivity contribution in [2.75, 3.05) is 13.2 Å². The fourth-order valence-corrected chi connectivity index (χ4v) is 8.40. The van der Waals surface area contributed by atoms with Gasteiger partial charge in [-0.15, -0.1) is 0 Å². The van der Waals surface area contributed by atoms with E-state index in [-0.39, 0.29) is 42.6 Å². The van der Waals surface area contributed by atoms with Crippen LogP contribution < -0.4 is 14.2 Å². The van der Waals surface area contributed by atoms with Gasteiger partial charge in [0.2, 0.25) is 0 Å². The third-order valence-electron chi connectivity index (χ3n) is 11.7. The van der Waals surface area contributed by atoms with Gasteiger partial charge in [-0.25, -0.2) is 4.79 Å². The molecule has 2 aliphatic heterocycles. The summed E-state index contributed by atoms with van der Waals surface area (Å²) in [6.45, 7) is 4.95. The first kappa shape index (κ1) is 38.3. The Morgan fingerprint density at radius 2 is 1.02 bits per heavy atom. The molecule has 9 heteroatoms. The van der Waals surface area contributed by atoms with Gasteiger partial charge < -0.3 is 28.4 Å². The van der Waals surface area contributed by atoms with Gasteiger partial charge in [-0.05, 0) is 112 Å². The van der Waals surface area contributed by atoms with Gasteiger partial charge in [-0.1, -0.05) is 65.2 Å². The Bertz CT molecular complexity index is 1420. The van der Waals surface area contributed by atoms with Crippen molar-refractivity contribution in [3.05, 3.63) is 54.1 Å². The number of unbranched alkanes of at least 4 members (excludes halogenated alkanes) is 4. The van der Waals surface area contributed by atoms with Crippen LogP contribution in [0.4, 0.5) is 0 Å². The van der Waals surface area contributed by atoms with E-state index in [2.05, 4.69) is 13.8 Å². The average Bonchev–Trinajstić information content (AvgIpc) is 3.76. The summed E-state index contributed by atoms with van der Waals surface area (Å²) in [6.07, 6.45) is 16.3. The number of esters is 3. The molecule has 2 saturated carbocycles. The third kappa shape index (κ3) is 10.4. The lowest BCUT2D eigenvalue weighted by atomic mass is 9.80. The normalized spacial score (nSPS) is 28.5. The quantitative estimate of drug-likeness (QED) is 0.0955. The molecule has 4 unspecified atom stereocenters. The number of fused-ring (bicyclic) bond motifs is 1. The van der Waals surface area contributed by atoms with Crippen LogP contribution in [0.1, 0.15) is 127 Å². The van der Waals surface area contributed by atoms with Gasteiger partial charge in [0.25, 0.3) is 0 Å². The van der Waals surface area contributed by atoms with Crippen molar-refractivity contribution < 1.29 is 42.8 Å². The summed E-state index contributed by atoms with van der Waals surface area (Å²) >= 11 is 0. The zero-order chi connectivity index (χ0) is 36.3. The molecule has 0 N–H and O–H groups in total. The van der Waals surface area contributed by atoms with E-state index in [1.807, 2.05) is 0 Å². The molecule has 2 aliphatic carbocycles. The molecule has 0 aromatic heterocycles. The molecule has 284 valence electrons. The zero-order valence-electron chi connectivity index (χ0n) is 31.1. The van der Waals surface area contributed by atoms with Crippen molar-refractivity contribution in [1.29, 1.82) is 0 Å². The van der Waals surface area contributed by atoms with Crippen LogP contribution >= 0.6 is 0 Å². The Morgan fingerprint density at radius 1 is 0.577 bits per heavy atom. The highest BCUT2D eigenvalue weighted by Crippen LogP contribution is 2.36. The van der Waals surface area contributed by atoms with Gasteiger partial charge in [-0.2, -0.15) is 0 Å². The molecule has 0 amide bonds. The van der Waals surface area contributed by atoms with E-state index in [0.29, 0.717) is 29.4 Å². The summed E-state index contributed by atoms with van der Waals surface area (Å²) in [7, 11) is 0. The molecule has 0 bridgehead atoms. The smallest absolute Gasteiger partial charge is 0.338 e. The van der Waals surface area contributed by atoms with Gasteiger partial charge in [0.05, 0.1) is 30.6 Å². The Hall–Kier alpha value is -3.43. The third-order valence-corrected chi connectivity index (χ3v) is 11.7. The molecule has 6 rings (SSSR count). The fourth-order valence-electron chi connectivity index (χ4n) is 8.40. The molecule has 2 aromatic rings. The molecule has 2 aromatic carbocycles. The van der Waals surface area contributed by atoms with Crippen molar-refractivity contribution in [1.82, 2.24) is 0 Å². The Morgan fingerprint density at radius 3 is 1.52 bits per heavy atom. The van der Waals surface area contributed by atoms with E-state index in [9.17, 15) is 14.4 Å². The highest BCUT2D eigenvalue weighted by molar-refractivity contribution is 5.89. The molecular formula is C43H58O9. The highest BCUT2D eigenvalue weighted by Gasteiger charge is 2.50. The predicted octanol–water partition coefficient (Wildman–Crippen LogP) is 9.04. The van der Waals surface area contributed by atoms with Crippen LogP contribution in [0.3, 0.4) is 0 Å². The maximum Gasteiger partial charge on any atom is 0.338 e. The summed E-state index contributed by atoms with van der Waals surface area (Å²) < 4.78 is 35.4. The van der Waals surface area contributed by atoms with Crippen molar-refractivity contribution in [3.8, 4) is 17.2 Å². The van der Waals surface area contributed by atoms with Crippen LogP contribution in [-0.2, 0) is 23.8 Å². The predicted molar refractivity (Wildman–Crippen MR) is 196 cm³/mol. The van der Waals surface area contributed by atoms with Gasteiger partial charge >= 0.3 is 17.9 Å². The monoisotopic (exact) mass is 718 g/mol. The second-order valence-electron chi connectivity index (χ2n) is 15.5. The van der Waals surface area contributed by atoms with Crippen LogP contribution in [0.2, 0.25) is 0 Å². The van der Waals surface area contributed by atoms with Crippen molar-refractivity contribution in [2.45, 2.75) is 141 Å². The average molecular weight is 719 g/mol. The largest absolute Gasteiger partial charge is 0.485 e. The SMILES string of the molecule is CCCCCC1CCC(C(=O)Oc2ccc(OC3COC4C(OC(=O)c5ccc(OC(=O)C6CCC(CCCCC)CC6)cc5)COC34)cc2)CC1. The number of ether oxygens (including phenoxy) is 6. The summed E-state index contributed by atoms with van der Waals surface area (Å²) in [5.74, 6) is 2.09. The van der Waals surface area contributed by atoms with Crippen LogP contribution in [0, 0.1) is 23.7 Å². The standard InChI is InChI=1S/C43H58O9/c1-3-5-7-9-29-11-15-31(16-12-29)41(44)50-35-21-19-33(20-22-35)43(46)52-38-28-48-39-37(27-47-40(38)39)49-34-23-25-36(26-24-34)51-42(45)32-17-13-30(14-18-32)10-8-6-4-2/h19-26,29-32,37-40H,3-18,27-28H2,1-2H3. The molecule has 2 heterocycles. The van der Waals surface area contributed by atoms with Crippen LogP contribution in [0.15, 0.2) is 48.5 Å². The van der Waals surface area contributed by atoms with E-state index in [0.717, 1.165) is 63.2 Å². The van der Waals surface area contributed by atoms with Gasteiger partial charge in [0, 0.05) is 0 Å². The summed E-state index contributed by atoms with van der Waals surface area (Å²) in [5.41, 5.74) is 0.359. The second-order valence-corrected chi connectivity index (χ2v) is 15.5. The van der Waals surface area contributed by atoms with Crippen molar-refractivity contribution >= 4 is 17.9 Å². The fraction of sp³-hybridized carbons (Fsp3) is 0.651. The molecule has 4 atom stereocenters. The second kappa shape index (κ2) is 19.1. The number of rotatable bonds is 16. The maximum absolute atomic E-state index is 13.0. The van der Waals surface area contributed by atoms with Crippen molar-refractivity contribution in [2.24, 2.45) is 23.7 Å². The highest BCUT2D eigenvalue weighted by atomic mass is 16.7. The minimum atomic E-state index is -0.575. The van der Waals surface area contributed by atoms with Crippen LogP contribution in [0.5, 0.6) is 17.2 Å². The van der Waals surface area contributed by atoms with E-state index in [1.165, 1.54) is 51.4 Å². The van der Waals surface area contributed by atoms with Crippen LogP contribution in [0.25, 0.3) is 0 Å². The molecule has 9 nitrogen and oxygen atoms in total. The minimum Gasteiger partial charge on any atom is -0.485 e. The van der Waals surface area contributed by atoms with E-state index in [4.69, 9.17) is 28.4 Å². The molecule has 4 aliphatic rings. The van der Waals surface area contributed by atoms with Gasteiger partial charge in [-0.3, -0.25) is 9.59 Å². The number of hydrogen-bond acceptors (Lipinski definition) is 9. The molecule has 52 heavy (non-hydrogen) atoms. The lowest BCUT2D eigenvalue weighted by molar-refractivity contribution is -0.141. The Labute approximate surface area is 309 Å². The van der Waals surface area contributed by atoms with Gasteiger partial charge in [0.15, 0.2) is 12.2 Å². The molecule has 0 spiro atoms. The topological polar surface area (TPSA) is 107 Å². The number of carbonyl (C=O) groups excluding carboxylic acids is 3. The molecule has 0 radical (unpaired) electrons. The minimum absolute atomic E-state index is 0.0316. The zero-order valence-corrected chi connectivity index (χ0v) is 31.1. The van der Waals surface area contributed by atoms with E-state index >= 15 is 0 Å². The van der Waals surface area contributed by atoms with Crippen LogP contribution in [-0.4, -0.2) is 55.5 Å². The lowest BCUT2D eigenvalue weighted by Crippen LogP contribution is -2.36. The number of benzene rings is 2. The first-order valence-corrected chi connectivity index (χ1v) is 20.1. The Balaban J connectivity index is 0.904. The molecule has 4 fully saturated rings. The molecular weight excluding hydrogens is 660 g/mol. The maximum atomic E-state index is 13.0. The molecule has 2 saturated heterocycles. The lowest BCUT2D eigenvalue weighted by Gasteiger charge is -2.27. The number of hydrogen-bond donors (Lipinski definition) is 0. The Kier molecular flexibility index (Phi) is 14.0. The van der Waals surface area contributed by atoms with E-state index in [1.54, 1.807) is 48.5 Å². The first-order valence-electron chi connectivity index (χ1n) is 20.1. The first-order chi connectivity index (χ1) is 25.4. The van der Waals surface area contributed by atoms with E-state index < -0.39 is 18.2 Å². The van der Waals surface area contributed by atoms with Crippen molar-refractivity contribution in [3.63, 3.8) is 0 Å². The number of carbonyl (C=O) groups is 3.